The van der Waals surface area contributed by atoms with E-state index in [2.05, 4.69) is 35.8 Å². The quantitative estimate of drug-likeness (QED) is 0.0762. The van der Waals surface area contributed by atoms with E-state index in [1.807, 2.05) is 0 Å². The van der Waals surface area contributed by atoms with Crippen LogP contribution in [0.2, 0.25) is 0 Å². The monoisotopic (exact) mass is 476 g/mol. The standard InChI is InChI=1S/C24H45O7P/c1-2-3-4-5-6-7-8-9-10-11-12-13-14-15-16-17-18-19-20-24(26)30-21-23(25)22-31-32(27,28)29/h7-8,10-11,23,25H,2-6,9,12-22H2,1H3,(H2,27,28,29)/b8-7-,11-10-. The Morgan fingerprint density at radius 2 is 1.34 bits per heavy atom. The van der Waals surface area contributed by atoms with Crippen LogP contribution in [0.5, 0.6) is 0 Å². The largest absolute Gasteiger partial charge is 0.469 e. The fourth-order valence-corrected chi connectivity index (χ4v) is 3.47. The summed E-state index contributed by atoms with van der Waals surface area (Å²) in [4.78, 5) is 28.6. The maximum Gasteiger partial charge on any atom is 0.469 e. The predicted molar refractivity (Wildman–Crippen MR) is 128 cm³/mol. The third-order valence-electron chi connectivity index (χ3n) is 4.95. The lowest BCUT2D eigenvalue weighted by Gasteiger charge is -2.12. The molecule has 1 atom stereocenters. The zero-order chi connectivity index (χ0) is 23.9. The highest BCUT2D eigenvalue weighted by atomic mass is 31.2. The summed E-state index contributed by atoms with van der Waals surface area (Å²) in [6, 6.07) is 0. The Hall–Kier alpha value is -0.980. The summed E-state index contributed by atoms with van der Waals surface area (Å²) >= 11 is 0. The molecule has 0 radical (unpaired) electrons. The van der Waals surface area contributed by atoms with Crippen molar-refractivity contribution in [2.75, 3.05) is 13.2 Å². The lowest BCUT2D eigenvalue weighted by atomic mass is 10.1. The van der Waals surface area contributed by atoms with Gasteiger partial charge in [0, 0.05) is 6.42 Å². The Bertz CT molecular complexity index is 542. The molecule has 0 bridgehead atoms. The smallest absolute Gasteiger partial charge is 0.463 e. The highest BCUT2D eigenvalue weighted by Gasteiger charge is 2.17. The number of rotatable bonds is 22. The first-order chi connectivity index (χ1) is 15.3. The predicted octanol–water partition coefficient (Wildman–Crippen LogP) is 5.98. The summed E-state index contributed by atoms with van der Waals surface area (Å²) in [7, 11) is -4.62. The molecule has 0 saturated heterocycles. The fourth-order valence-electron chi connectivity index (χ4n) is 3.10. The van der Waals surface area contributed by atoms with Crippen molar-refractivity contribution in [1.82, 2.24) is 0 Å². The van der Waals surface area contributed by atoms with E-state index in [1.54, 1.807) is 0 Å². The third-order valence-corrected chi connectivity index (χ3v) is 5.44. The molecule has 0 aliphatic rings. The van der Waals surface area contributed by atoms with Crippen LogP contribution in [0.1, 0.15) is 103 Å². The average molecular weight is 477 g/mol. The zero-order valence-corrected chi connectivity index (χ0v) is 20.7. The molecule has 188 valence electrons. The van der Waals surface area contributed by atoms with E-state index in [4.69, 9.17) is 14.5 Å². The number of allylic oxidation sites excluding steroid dienone is 4. The summed E-state index contributed by atoms with van der Waals surface area (Å²) < 4.78 is 19.5. The van der Waals surface area contributed by atoms with Crippen LogP contribution in [-0.4, -0.2) is 40.2 Å². The number of phosphoric ester groups is 1. The van der Waals surface area contributed by atoms with Gasteiger partial charge in [0.2, 0.25) is 0 Å². The Kier molecular flexibility index (Phi) is 21.2. The van der Waals surface area contributed by atoms with Gasteiger partial charge in [-0.1, -0.05) is 82.6 Å². The van der Waals surface area contributed by atoms with E-state index < -0.39 is 26.5 Å². The normalized spacial score (nSPS) is 13.2. The van der Waals surface area contributed by atoms with Gasteiger partial charge in [-0.25, -0.2) is 4.57 Å². The molecule has 0 amide bonds. The van der Waals surface area contributed by atoms with Crippen LogP contribution in [0.4, 0.5) is 0 Å². The molecular weight excluding hydrogens is 431 g/mol. The molecule has 1 unspecified atom stereocenters. The number of hydrogen-bond acceptors (Lipinski definition) is 5. The van der Waals surface area contributed by atoms with E-state index in [1.165, 1.54) is 51.4 Å². The topological polar surface area (TPSA) is 113 Å². The number of phosphoric acid groups is 1. The molecule has 0 aromatic carbocycles. The Morgan fingerprint density at radius 1 is 0.812 bits per heavy atom. The Morgan fingerprint density at radius 3 is 1.91 bits per heavy atom. The molecule has 0 saturated carbocycles. The van der Waals surface area contributed by atoms with E-state index in [0.717, 1.165) is 38.5 Å². The van der Waals surface area contributed by atoms with Crippen molar-refractivity contribution >= 4 is 13.8 Å². The van der Waals surface area contributed by atoms with Crippen molar-refractivity contribution in [3.63, 3.8) is 0 Å². The van der Waals surface area contributed by atoms with Crippen molar-refractivity contribution in [3.8, 4) is 0 Å². The van der Waals surface area contributed by atoms with Crippen LogP contribution in [0.3, 0.4) is 0 Å². The second kappa shape index (κ2) is 21.8. The van der Waals surface area contributed by atoms with E-state index in [9.17, 15) is 14.5 Å². The minimum atomic E-state index is -4.62. The molecule has 0 rings (SSSR count). The number of aliphatic hydroxyl groups excluding tert-OH is 1. The zero-order valence-electron chi connectivity index (χ0n) is 19.8. The lowest BCUT2D eigenvalue weighted by molar-refractivity contribution is -0.147. The molecule has 0 aromatic heterocycles. The van der Waals surface area contributed by atoms with Gasteiger partial charge in [-0.3, -0.25) is 9.32 Å². The highest BCUT2D eigenvalue weighted by Crippen LogP contribution is 2.35. The van der Waals surface area contributed by atoms with E-state index >= 15 is 0 Å². The van der Waals surface area contributed by atoms with Crippen molar-refractivity contribution in [2.24, 2.45) is 0 Å². The van der Waals surface area contributed by atoms with Gasteiger partial charge in [-0.05, 0) is 38.5 Å². The van der Waals surface area contributed by atoms with Crippen LogP contribution in [0.25, 0.3) is 0 Å². The molecule has 8 heteroatoms. The molecule has 0 aromatic rings. The van der Waals surface area contributed by atoms with Crippen LogP contribution >= 0.6 is 7.82 Å². The number of hydrogen-bond donors (Lipinski definition) is 3. The van der Waals surface area contributed by atoms with E-state index in [0.29, 0.717) is 0 Å². The maximum atomic E-state index is 11.6. The van der Waals surface area contributed by atoms with Crippen LogP contribution in [0.15, 0.2) is 24.3 Å². The number of carbonyl (C=O) groups is 1. The number of aliphatic hydroxyl groups is 1. The van der Waals surface area contributed by atoms with Gasteiger partial charge in [-0.2, -0.15) is 0 Å². The third kappa shape index (κ3) is 25.3. The van der Waals surface area contributed by atoms with Gasteiger partial charge in [0.1, 0.15) is 12.7 Å². The minimum absolute atomic E-state index is 0.282. The van der Waals surface area contributed by atoms with Crippen molar-refractivity contribution in [3.05, 3.63) is 24.3 Å². The molecular formula is C24H45O7P. The molecule has 0 spiro atoms. The van der Waals surface area contributed by atoms with Crippen LogP contribution < -0.4 is 0 Å². The first-order valence-electron chi connectivity index (χ1n) is 12.2. The first-order valence-corrected chi connectivity index (χ1v) is 13.7. The second-order valence-corrected chi connectivity index (χ2v) is 9.40. The molecule has 0 fully saturated rings. The molecule has 0 aliphatic carbocycles. The molecule has 3 N–H and O–H groups in total. The number of carbonyl (C=O) groups excluding carboxylic acids is 1. The molecule has 0 aliphatic heterocycles. The Balaban J connectivity index is 3.38. The van der Waals surface area contributed by atoms with Gasteiger partial charge in [0.15, 0.2) is 0 Å². The molecule has 7 nitrogen and oxygen atoms in total. The van der Waals surface area contributed by atoms with Crippen molar-refractivity contribution in [2.45, 2.75) is 109 Å². The first kappa shape index (κ1) is 31.0. The van der Waals surface area contributed by atoms with Crippen molar-refractivity contribution in [1.29, 1.82) is 0 Å². The number of ether oxygens (including phenoxy) is 1. The molecule has 32 heavy (non-hydrogen) atoms. The van der Waals surface area contributed by atoms with Gasteiger partial charge >= 0.3 is 13.8 Å². The molecule has 0 heterocycles. The van der Waals surface area contributed by atoms with Gasteiger partial charge in [0.25, 0.3) is 0 Å². The summed E-state index contributed by atoms with van der Waals surface area (Å²) in [5, 5.41) is 9.44. The maximum absolute atomic E-state index is 11.6. The SMILES string of the molecule is CCCCCC/C=C\C/C=C\CCCCCCCCCC(=O)OCC(O)COP(=O)(O)O. The summed E-state index contributed by atoms with van der Waals surface area (Å²) in [6.45, 7) is 1.33. The Labute approximate surface area is 194 Å². The summed E-state index contributed by atoms with van der Waals surface area (Å²) in [6.07, 6.45) is 24.4. The van der Waals surface area contributed by atoms with Gasteiger partial charge in [-0.15, -0.1) is 0 Å². The highest BCUT2D eigenvalue weighted by molar-refractivity contribution is 7.46. The summed E-state index contributed by atoms with van der Waals surface area (Å²) in [5.41, 5.74) is 0. The van der Waals surface area contributed by atoms with Gasteiger partial charge in [0.05, 0.1) is 6.61 Å². The van der Waals surface area contributed by atoms with E-state index in [-0.39, 0.29) is 13.0 Å². The number of esters is 1. The van der Waals surface area contributed by atoms with Gasteiger partial charge < -0.3 is 19.6 Å². The van der Waals surface area contributed by atoms with Crippen LogP contribution in [-0.2, 0) is 18.6 Å². The van der Waals surface area contributed by atoms with Crippen molar-refractivity contribution < 1.29 is 33.5 Å². The second-order valence-electron chi connectivity index (χ2n) is 8.16. The van der Waals surface area contributed by atoms with Crippen LogP contribution in [0, 0.1) is 0 Å². The number of unbranched alkanes of at least 4 members (excludes halogenated alkanes) is 11. The lowest BCUT2D eigenvalue weighted by Crippen LogP contribution is -2.23. The summed E-state index contributed by atoms with van der Waals surface area (Å²) in [5.74, 6) is -0.418. The minimum Gasteiger partial charge on any atom is -0.463 e. The average Bonchev–Trinajstić information content (AvgIpc) is 2.75. The fraction of sp³-hybridized carbons (Fsp3) is 0.792.